The average molecular weight is 341 g/mol. The van der Waals surface area contributed by atoms with Crippen molar-refractivity contribution in [2.24, 2.45) is 5.73 Å². The Morgan fingerprint density at radius 3 is 2.48 bits per heavy atom. The molecule has 1 heterocycles. The summed E-state index contributed by atoms with van der Waals surface area (Å²) in [6.07, 6.45) is 0. The Balaban J connectivity index is 2.32. The highest BCUT2D eigenvalue weighted by Crippen LogP contribution is 2.34. The molecule has 0 unspecified atom stereocenters. The molecule has 0 aromatic heterocycles. The molecule has 2 aromatic carbocycles. The Bertz CT molecular complexity index is 944. The molecular formula is C19H17F2N3O. The molecule has 6 heteroatoms. The van der Waals surface area contributed by atoms with Gasteiger partial charge in [-0.25, -0.2) is 8.78 Å². The van der Waals surface area contributed by atoms with E-state index in [1.54, 1.807) is 26.0 Å². The zero-order valence-corrected chi connectivity index (χ0v) is 13.8. The van der Waals surface area contributed by atoms with Gasteiger partial charge in [-0.1, -0.05) is 0 Å². The minimum Gasteiger partial charge on any atom is -0.402 e. The van der Waals surface area contributed by atoms with Crippen LogP contribution in [-0.2, 0) is 6.54 Å². The van der Waals surface area contributed by atoms with E-state index in [1.165, 1.54) is 6.07 Å². The van der Waals surface area contributed by atoms with Crippen LogP contribution >= 0.6 is 0 Å². The van der Waals surface area contributed by atoms with Crippen LogP contribution in [0.3, 0.4) is 0 Å². The van der Waals surface area contributed by atoms with Gasteiger partial charge in [0, 0.05) is 40.7 Å². The Morgan fingerprint density at radius 1 is 1.16 bits per heavy atom. The van der Waals surface area contributed by atoms with Crippen LogP contribution < -0.4 is 11.1 Å². The number of hydrogen-bond donors (Lipinski definition) is 3. The van der Waals surface area contributed by atoms with Crippen LogP contribution in [0.1, 0.15) is 35.3 Å². The molecule has 0 saturated carbocycles. The number of fused-ring (bicyclic) bond motifs is 1. The quantitative estimate of drug-likeness (QED) is 0.746. The molecule has 1 amide bonds. The third-order valence-corrected chi connectivity index (χ3v) is 4.20. The van der Waals surface area contributed by atoms with Crippen molar-refractivity contribution in [3.8, 4) is 11.1 Å². The fourth-order valence-electron chi connectivity index (χ4n) is 3.14. The van der Waals surface area contributed by atoms with E-state index in [0.717, 1.165) is 17.7 Å². The van der Waals surface area contributed by atoms with Crippen molar-refractivity contribution >= 4 is 17.2 Å². The maximum Gasteiger partial charge on any atom is 0.251 e. The van der Waals surface area contributed by atoms with Crippen LogP contribution in [0.2, 0.25) is 0 Å². The second kappa shape index (κ2) is 6.12. The highest BCUT2D eigenvalue weighted by molar-refractivity contribution is 6.23. The highest BCUT2D eigenvalue weighted by atomic mass is 19.1. The zero-order chi connectivity index (χ0) is 18.3. The molecule has 0 atom stereocenters. The number of nitrogens with one attached hydrogen (secondary N) is 2. The van der Waals surface area contributed by atoms with Gasteiger partial charge in [0.1, 0.15) is 11.6 Å². The molecule has 128 valence electrons. The molecule has 0 aliphatic carbocycles. The van der Waals surface area contributed by atoms with Gasteiger partial charge < -0.3 is 16.5 Å². The van der Waals surface area contributed by atoms with Crippen molar-refractivity contribution in [1.29, 1.82) is 5.41 Å². The van der Waals surface area contributed by atoms with Crippen LogP contribution in [0.5, 0.6) is 0 Å². The average Bonchev–Trinajstić information content (AvgIpc) is 2.88. The normalized spacial score (nSPS) is 14.0. The molecule has 4 N–H and O–H groups in total. The van der Waals surface area contributed by atoms with Crippen LogP contribution in [0.25, 0.3) is 16.7 Å². The molecule has 0 bridgehead atoms. The minimum atomic E-state index is -0.717. The summed E-state index contributed by atoms with van der Waals surface area (Å²) in [6, 6.07) is 6.58. The summed E-state index contributed by atoms with van der Waals surface area (Å²) in [6.45, 7) is 3.60. The summed E-state index contributed by atoms with van der Waals surface area (Å²) in [5, 5.41) is 10.7. The third-order valence-electron chi connectivity index (χ3n) is 4.20. The monoisotopic (exact) mass is 341 g/mol. The summed E-state index contributed by atoms with van der Waals surface area (Å²) < 4.78 is 27.4. The first-order valence-corrected chi connectivity index (χ1v) is 7.72. The van der Waals surface area contributed by atoms with Gasteiger partial charge in [-0.15, -0.1) is 0 Å². The fourth-order valence-corrected chi connectivity index (χ4v) is 3.14. The Morgan fingerprint density at radius 2 is 1.88 bits per heavy atom. The molecule has 0 saturated heterocycles. The van der Waals surface area contributed by atoms with Crippen molar-refractivity contribution in [3.63, 3.8) is 0 Å². The Hall–Kier alpha value is -3.02. The number of halogens is 2. The number of carbonyl (C=O) groups excluding carboxylic acids is 1. The van der Waals surface area contributed by atoms with Crippen molar-refractivity contribution in [2.75, 3.05) is 0 Å². The summed E-state index contributed by atoms with van der Waals surface area (Å²) >= 11 is 0. The number of hydrogen-bond acceptors (Lipinski definition) is 3. The molecule has 4 nitrogen and oxygen atoms in total. The lowest BCUT2D eigenvalue weighted by atomic mass is 9.89. The summed E-state index contributed by atoms with van der Waals surface area (Å²) in [4.78, 5) is 12.1. The van der Waals surface area contributed by atoms with Crippen molar-refractivity contribution < 1.29 is 13.6 Å². The highest BCUT2D eigenvalue weighted by Gasteiger charge is 2.26. The standard InChI is InChI=1S/C19H17F2N3O/c1-9(22)18(10(2)23)14-5-11(6-15-16(14)8-24-19(15)25)13-4-3-12(20)7-17(13)21/h3-7,22H,8,23H2,1-2H3,(H,24,25)/b18-10+,22-9?. The molecule has 0 spiro atoms. The summed E-state index contributed by atoms with van der Waals surface area (Å²) in [7, 11) is 0. The minimum absolute atomic E-state index is 0.182. The molecule has 3 rings (SSSR count). The Kier molecular flexibility index (Phi) is 4.12. The number of allylic oxidation sites excluding steroid dienone is 2. The first kappa shape index (κ1) is 16.8. The number of carbonyl (C=O) groups is 1. The van der Waals surface area contributed by atoms with Gasteiger partial charge in [-0.2, -0.15) is 0 Å². The van der Waals surface area contributed by atoms with Gasteiger partial charge in [0.25, 0.3) is 5.91 Å². The van der Waals surface area contributed by atoms with Gasteiger partial charge in [-0.05, 0) is 54.8 Å². The van der Waals surface area contributed by atoms with E-state index < -0.39 is 11.6 Å². The zero-order valence-electron chi connectivity index (χ0n) is 13.8. The van der Waals surface area contributed by atoms with Crippen LogP contribution in [-0.4, -0.2) is 11.6 Å². The van der Waals surface area contributed by atoms with E-state index in [4.69, 9.17) is 11.1 Å². The first-order valence-electron chi connectivity index (χ1n) is 7.72. The second-order valence-corrected chi connectivity index (χ2v) is 6.04. The molecular weight excluding hydrogens is 324 g/mol. The van der Waals surface area contributed by atoms with E-state index in [0.29, 0.717) is 34.5 Å². The van der Waals surface area contributed by atoms with Gasteiger partial charge in [0.05, 0.1) is 0 Å². The van der Waals surface area contributed by atoms with E-state index in [1.807, 2.05) is 0 Å². The molecule has 0 fully saturated rings. The largest absolute Gasteiger partial charge is 0.402 e. The number of benzene rings is 2. The smallest absolute Gasteiger partial charge is 0.251 e. The third kappa shape index (κ3) is 2.91. The topological polar surface area (TPSA) is 79.0 Å². The van der Waals surface area contributed by atoms with Crippen molar-refractivity contribution in [1.82, 2.24) is 5.32 Å². The molecule has 0 radical (unpaired) electrons. The van der Waals surface area contributed by atoms with Gasteiger partial charge in [-0.3, -0.25) is 4.79 Å². The lowest BCUT2D eigenvalue weighted by Crippen LogP contribution is -2.12. The number of amides is 1. The van der Waals surface area contributed by atoms with Crippen molar-refractivity contribution in [3.05, 3.63) is 64.4 Å². The number of rotatable bonds is 3. The second-order valence-electron chi connectivity index (χ2n) is 6.04. The van der Waals surface area contributed by atoms with E-state index in [-0.39, 0.29) is 17.2 Å². The number of nitrogens with two attached hydrogens (primary N) is 1. The fraction of sp³-hybridized carbons (Fsp3) is 0.158. The van der Waals surface area contributed by atoms with Gasteiger partial charge in [0.2, 0.25) is 0 Å². The maximum absolute atomic E-state index is 14.2. The lowest BCUT2D eigenvalue weighted by molar-refractivity contribution is 0.0966. The SMILES string of the molecule is CC(=N)/C(=C(/C)N)c1cc(-c2ccc(F)cc2F)cc2c1CNC2=O. The van der Waals surface area contributed by atoms with Crippen LogP contribution in [0.4, 0.5) is 8.78 Å². The van der Waals surface area contributed by atoms with E-state index in [9.17, 15) is 13.6 Å². The predicted molar refractivity (Wildman–Crippen MR) is 93.1 cm³/mol. The lowest BCUT2D eigenvalue weighted by Gasteiger charge is -2.15. The molecule has 2 aromatic rings. The Labute approximate surface area is 143 Å². The van der Waals surface area contributed by atoms with E-state index >= 15 is 0 Å². The van der Waals surface area contributed by atoms with Gasteiger partial charge in [0.15, 0.2) is 0 Å². The maximum atomic E-state index is 14.2. The molecule has 1 aliphatic rings. The first-order chi connectivity index (χ1) is 11.8. The van der Waals surface area contributed by atoms with Crippen LogP contribution in [0.15, 0.2) is 36.0 Å². The van der Waals surface area contributed by atoms with Gasteiger partial charge >= 0.3 is 0 Å². The van der Waals surface area contributed by atoms with Crippen LogP contribution in [0, 0.1) is 17.0 Å². The summed E-state index contributed by atoms with van der Waals surface area (Å²) in [5.41, 5.74) is 9.51. The predicted octanol–water partition coefficient (Wildman–Crippen LogP) is 3.60. The van der Waals surface area contributed by atoms with Crippen molar-refractivity contribution in [2.45, 2.75) is 20.4 Å². The molecule has 1 aliphatic heterocycles. The molecule has 25 heavy (non-hydrogen) atoms. The summed E-state index contributed by atoms with van der Waals surface area (Å²) in [5.74, 6) is -1.66. The van der Waals surface area contributed by atoms with E-state index in [2.05, 4.69) is 5.32 Å².